The molecule has 1 rings (SSSR count). The molecule has 1 aromatic carbocycles. The lowest BCUT2D eigenvalue weighted by Crippen LogP contribution is -2.32. The van der Waals surface area contributed by atoms with Crippen molar-refractivity contribution < 1.29 is 18.6 Å². The Kier molecular flexibility index (Phi) is 5.86. The van der Waals surface area contributed by atoms with Crippen molar-refractivity contribution in [2.75, 3.05) is 19.7 Å². The molecular formula is C12H17F2NO2. The Morgan fingerprint density at radius 1 is 1.35 bits per heavy atom. The third-order valence-electron chi connectivity index (χ3n) is 2.15. The molecule has 0 fully saturated rings. The molecule has 0 aliphatic carbocycles. The van der Waals surface area contributed by atoms with Crippen molar-refractivity contribution in [3.05, 3.63) is 29.8 Å². The minimum Gasteiger partial charge on any atom is -0.485 e. The van der Waals surface area contributed by atoms with Gasteiger partial charge in [-0.2, -0.15) is 0 Å². The highest BCUT2D eigenvalue weighted by atomic mass is 19.1. The second-order valence-corrected chi connectivity index (χ2v) is 3.72. The molecule has 0 amide bonds. The van der Waals surface area contributed by atoms with Gasteiger partial charge in [-0.3, -0.25) is 0 Å². The third kappa shape index (κ3) is 4.66. The Labute approximate surface area is 99.4 Å². The molecule has 1 aromatic rings. The SMILES string of the molecule is CCCNCC(O)COc1c(F)cccc1F. The smallest absolute Gasteiger partial charge is 0.190 e. The number of benzene rings is 1. The Hall–Kier alpha value is -1.20. The molecule has 5 heteroatoms. The van der Waals surface area contributed by atoms with Crippen molar-refractivity contribution in [3.8, 4) is 5.75 Å². The summed E-state index contributed by atoms with van der Waals surface area (Å²) in [5.41, 5.74) is 0. The predicted molar refractivity (Wildman–Crippen MR) is 61.0 cm³/mol. The van der Waals surface area contributed by atoms with Crippen molar-refractivity contribution in [2.45, 2.75) is 19.4 Å². The fourth-order valence-electron chi connectivity index (χ4n) is 1.30. The van der Waals surface area contributed by atoms with Crippen molar-refractivity contribution in [1.82, 2.24) is 5.32 Å². The van der Waals surface area contributed by atoms with E-state index >= 15 is 0 Å². The standard InChI is InChI=1S/C12H17F2NO2/c1-2-6-15-7-9(16)8-17-12-10(13)4-3-5-11(12)14/h3-5,9,15-16H,2,6-8H2,1H3. The van der Waals surface area contributed by atoms with Crippen LogP contribution in [0.15, 0.2) is 18.2 Å². The molecule has 0 saturated carbocycles. The molecule has 2 N–H and O–H groups in total. The normalized spacial score (nSPS) is 12.5. The average Bonchev–Trinajstić information content (AvgIpc) is 2.29. The first-order valence-electron chi connectivity index (χ1n) is 5.60. The number of rotatable bonds is 7. The number of hydrogen-bond donors (Lipinski definition) is 2. The number of aliphatic hydroxyl groups is 1. The number of nitrogens with one attached hydrogen (secondary N) is 1. The van der Waals surface area contributed by atoms with E-state index in [-0.39, 0.29) is 6.61 Å². The molecule has 0 spiro atoms. The Morgan fingerprint density at radius 2 is 2.00 bits per heavy atom. The highest BCUT2D eigenvalue weighted by Crippen LogP contribution is 2.20. The van der Waals surface area contributed by atoms with Crippen LogP contribution in [-0.2, 0) is 0 Å². The van der Waals surface area contributed by atoms with Crippen LogP contribution < -0.4 is 10.1 Å². The van der Waals surface area contributed by atoms with Gasteiger partial charge in [0.25, 0.3) is 0 Å². The lowest BCUT2D eigenvalue weighted by atomic mass is 10.3. The molecule has 96 valence electrons. The van der Waals surface area contributed by atoms with Gasteiger partial charge in [0.1, 0.15) is 12.7 Å². The third-order valence-corrected chi connectivity index (χ3v) is 2.15. The zero-order valence-corrected chi connectivity index (χ0v) is 9.75. The van der Waals surface area contributed by atoms with E-state index in [1.54, 1.807) is 0 Å². The van der Waals surface area contributed by atoms with E-state index in [1.165, 1.54) is 6.07 Å². The molecule has 1 unspecified atom stereocenters. The summed E-state index contributed by atoms with van der Waals surface area (Å²) in [6, 6.07) is 3.48. The van der Waals surface area contributed by atoms with Gasteiger partial charge in [0.2, 0.25) is 0 Å². The summed E-state index contributed by atoms with van der Waals surface area (Å²) in [5, 5.41) is 12.5. The molecule has 0 heterocycles. The molecule has 1 atom stereocenters. The lowest BCUT2D eigenvalue weighted by molar-refractivity contribution is 0.102. The van der Waals surface area contributed by atoms with Crippen LogP contribution in [0.1, 0.15) is 13.3 Å². The second-order valence-electron chi connectivity index (χ2n) is 3.72. The zero-order valence-electron chi connectivity index (χ0n) is 9.75. The summed E-state index contributed by atoms with van der Waals surface area (Å²) in [5.74, 6) is -1.97. The monoisotopic (exact) mass is 245 g/mol. The number of ether oxygens (including phenoxy) is 1. The van der Waals surface area contributed by atoms with E-state index in [0.717, 1.165) is 25.1 Å². The van der Waals surface area contributed by atoms with Gasteiger partial charge >= 0.3 is 0 Å². The van der Waals surface area contributed by atoms with Gasteiger partial charge < -0.3 is 15.2 Å². The number of aliphatic hydroxyl groups excluding tert-OH is 1. The van der Waals surface area contributed by atoms with Crippen LogP contribution in [0.3, 0.4) is 0 Å². The van der Waals surface area contributed by atoms with Crippen LogP contribution in [0.5, 0.6) is 5.75 Å². The summed E-state index contributed by atoms with van der Waals surface area (Å²) in [6.45, 7) is 2.98. The van der Waals surface area contributed by atoms with E-state index in [2.05, 4.69) is 5.32 Å². The molecule has 0 radical (unpaired) electrons. The second kappa shape index (κ2) is 7.19. The van der Waals surface area contributed by atoms with E-state index in [0.29, 0.717) is 6.54 Å². The van der Waals surface area contributed by atoms with Crippen molar-refractivity contribution in [3.63, 3.8) is 0 Å². The Balaban J connectivity index is 2.39. The number of hydrogen-bond acceptors (Lipinski definition) is 3. The minimum absolute atomic E-state index is 0.144. The molecule has 17 heavy (non-hydrogen) atoms. The summed E-state index contributed by atoms with van der Waals surface area (Å²) >= 11 is 0. The molecule has 0 aromatic heterocycles. The van der Waals surface area contributed by atoms with E-state index in [1.807, 2.05) is 6.92 Å². The maximum absolute atomic E-state index is 13.1. The average molecular weight is 245 g/mol. The predicted octanol–water partition coefficient (Wildman–Crippen LogP) is 1.70. The summed E-state index contributed by atoms with van der Waals surface area (Å²) in [4.78, 5) is 0. The van der Waals surface area contributed by atoms with Gasteiger partial charge in [-0.15, -0.1) is 0 Å². The number of para-hydroxylation sites is 1. The van der Waals surface area contributed by atoms with Gasteiger partial charge in [0.15, 0.2) is 17.4 Å². The summed E-state index contributed by atoms with van der Waals surface area (Å²) in [7, 11) is 0. The minimum atomic E-state index is -0.791. The van der Waals surface area contributed by atoms with Gasteiger partial charge in [-0.25, -0.2) is 8.78 Å². The summed E-state index contributed by atoms with van der Waals surface area (Å²) in [6.07, 6.45) is 0.163. The van der Waals surface area contributed by atoms with Crippen LogP contribution in [-0.4, -0.2) is 30.9 Å². The largest absolute Gasteiger partial charge is 0.485 e. The van der Waals surface area contributed by atoms with Gasteiger partial charge in [0.05, 0.1) is 0 Å². The van der Waals surface area contributed by atoms with Crippen LogP contribution >= 0.6 is 0 Å². The molecule has 0 aliphatic heterocycles. The topological polar surface area (TPSA) is 41.5 Å². The van der Waals surface area contributed by atoms with Gasteiger partial charge in [-0.05, 0) is 25.1 Å². The first-order valence-corrected chi connectivity index (χ1v) is 5.60. The van der Waals surface area contributed by atoms with Crippen LogP contribution in [0.4, 0.5) is 8.78 Å². The Bertz CT molecular complexity index is 327. The van der Waals surface area contributed by atoms with Crippen LogP contribution in [0.2, 0.25) is 0 Å². The van der Waals surface area contributed by atoms with Crippen molar-refractivity contribution in [2.24, 2.45) is 0 Å². The molecule has 0 saturated heterocycles. The van der Waals surface area contributed by atoms with Gasteiger partial charge in [0, 0.05) is 6.54 Å². The quantitative estimate of drug-likeness (QED) is 0.718. The summed E-state index contributed by atoms with van der Waals surface area (Å²) < 4.78 is 31.2. The lowest BCUT2D eigenvalue weighted by Gasteiger charge is -2.13. The molecule has 3 nitrogen and oxygen atoms in total. The first-order chi connectivity index (χ1) is 8.15. The van der Waals surface area contributed by atoms with Crippen LogP contribution in [0, 0.1) is 11.6 Å². The van der Waals surface area contributed by atoms with Crippen LogP contribution in [0.25, 0.3) is 0 Å². The highest BCUT2D eigenvalue weighted by Gasteiger charge is 2.12. The Morgan fingerprint density at radius 3 is 2.59 bits per heavy atom. The maximum Gasteiger partial charge on any atom is 0.190 e. The maximum atomic E-state index is 13.1. The highest BCUT2D eigenvalue weighted by molar-refractivity contribution is 5.25. The first kappa shape index (κ1) is 13.9. The molecule has 0 aliphatic rings. The van der Waals surface area contributed by atoms with E-state index in [9.17, 15) is 13.9 Å². The van der Waals surface area contributed by atoms with E-state index in [4.69, 9.17) is 4.74 Å². The molecular weight excluding hydrogens is 228 g/mol. The fourth-order valence-corrected chi connectivity index (χ4v) is 1.30. The zero-order chi connectivity index (χ0) is 12.7. The van der Waals surface area contributed by atoms with E-state index < -0.39 is 23.5 Å². The fraction of sp³-hybridized carbons (Fsp3) is 0.500. The molecule has 0 bridgehead atoms. The number of halogens is 2. The van der Waals surface area contributed by atoms with Crippen molar-refractivity contribution >= 4 is 0 Å². The van der Waals surface area contributed by atoms with Gasteiger partial charge in [-0.1, -0.05) is 13.0 Å². The van der Waals surface area contributed by atoms with Crippen molar-refractivity contribution in [1.29, 1.82) is 0 Å².